The Balaban J connectivity index is 1.89. The van der Waals surface area contributed by atoms with Crippen LogP contribution < -0.4 is 0 Å². The molecule has 112 valence electrons. The number of likely N-dealkylation sites (tertiary alicyclic amines) is 1. The summed E-state index contributed by atoms with van der Waals surface area (Å²) in [6.07, 6.45) is 2.36. The number of aliphatic carboxylic acids is 1. The van der Waals surface area contributed by atoms with E-state index in [9.17, 15) is 4.79 Å². The van der Waals surface area contributed by atoms with E-state index >= 15 is 0 Å². The van der Waals surface area contributed by atoms with Crippen molar-refractivity contribution in [3.63, 3.8) is 0 Å². The standard InChI is InChI=1S/C15H24N2O2S/c1-10-6-11(2)9-17(8-10)5-4-14-16-12(3)13(20-14)7-15(18)19/h10-11H,4-9H2,1-3H3,(H,18,19). The maximum Gasteiger partial charge on any atom is 0.308 e. The summed E-state index contributed by atoms with van der Waals surface area (Å²) in [7, 11) is 0. The molecule has 2 atom stereocenters. The number of aryl methyl sites for hydroxylation is 1. The van der Waals surface area contributed by atoms with Crippen molar-refractivity contribution in [1.82, 2.24) is 9.88 Å². The van der Waals surface area contributed by atoms with Crippen LogP contribution in [-0.4, -0.2) is 40.6 Å². The van der Waals surface area contributed by atoms with E-state index in [1.165, 1.54) is 19.5 Å². The number of carbonyl (C=O) groups is 1. The van der Waals surface area contributed by atoms with E-state index in [0.29, 0.717) is 0 Å². The van der Waals surface area contributed by atoms with Gasteiger partial charge in [0, 0.05) is 30.9 Å². The molecule has 1 saturated heterocycles. The number of hydrogen-bond donors (Lipinski definition) is 1. The molecule has 1 aromatic heterocycles. The van der Waals surface area contributed by atoms with E-state index in [1.54, 1.807) is 11.3 Å². The zero-order chi connectivity index (χ0) is 14.7. The van der Waals surface area contributed by atoms with Gasteiger partial charge < -0.3 is 10.0 Å². The molecule has 0 amide bonds. The van der Waals surface area contributed by atoms with Crippen molar-refractivity contribution >= 4 is 17.3 Å². The van der Waals surface area contributed by atoms with Gasteiger partial charge in [-0.1, -0.05) is 13.8 Å². The molecular weight excluding hydrogens is 272 g/mol. The molecule has 2 unspecified atom stereocenters. The minimum Gasteiger partial charge on any atom is -0.481 e. The summed E-state index contributed by atoms with van der Waals surface area (Å²) >= 11 is 1.56. The van der Waals surface area contributed by atoms with Crippen molar-refractivity contribution in [1.29, 1.82) is 0 Å². The van der Waals surface area contributed by atoms with Crippen LogP contribution in [0.1, 0.15) is 35.8 Å². The number of carboxylic acids is 1. The molecule has 0 aromatic carbocycles. The van der Waals surface area contributed by atoms with Crippen molar-refractivity contribution in [2.24, 2.45) is 11.8 Å². The molecule has 1 aromatic rings. The van der Waals surface area contributed by atoms with E-state index in [2.05, 4.69) is 23.7 Å². The predicted molar refractivity (Wildman–Crippen MR) is 81.3 cm³/mol. The lowest BCUT2D eigenvalue weighted by atomic mass is 9.92. The Hall–Kier alpha value is -0.940. The topological polar surface area (TPSA) is 53.4 Å². The van der Waals surface area contributed by atoms with E-state index in [4.69, 9.17) is 5.11 Å². The van der Waals surface area contributed by atoms with Crippen molar-refractivity contribution in [2.75, 3.05) is 19.6 Å². The maximum atomic E-state index is 10.8. The van der Waals surface area contributed by atoms with Gasteiger partial charge in [0.15, 0.2) is 0 Å². The Labute approximate surface area is 124 Å². The first-order chi connectivity index (χ1) is 9.44. The lowest BCUT2D eigenvalue weighted by molar-refractivity contribution is -0.136. The van der Waals surface area contributed by atoms with E-state index in [1.807, 2.05) is 6.92 Å². The molecular formula is C15H24N2O2S. The van der Waals surface area contributed by atoms with Crippen molar-refractivity contribution < 1.29 is 9.90 Å². The first-order valence-electron chi connectivity index (χ1n) is 7.33. The Morgan fingerprint density at radius 2 is 2.05 bits per heavy atom. The maximum absolute atomic E-state index is 10.8. The molecule has 2 heterocycles. The van der Waals surface area contributed by atoms with Crippen molar-refractivity contribution in [2.45, 2.75) is 40.0 Å². The van der Waals surface area contributed by atoms with Gasteiger partial charge in [-0.25, -0.2) is 4.98 Å². The molecule has 2 rings (SSSR count). The largest absolute Gasteiger partial charge is 0.481 e. The minimum absolute atomic E-state index is 0.0985. The van der Waals surface area contributed by atoms with Crippen LogP contribution in [-0.2, 0) is 17.6 Å². The fourth-order valence-corrected chi connectivity index (χ4v) is 4.17. The van der Waals surface area contributed by atoms with Gasteiger partial charge in [0.2, 0.25) is 0 Å². The molecule has 1 aliphatic heterocycles. The Morgan fingerprint density at radius 1 is 1.40 bits per heavy atom. The Bertz CT molecular complexity index is 462. The number of carboxylic acid groups (broad SMARTS) is 1. The van der Waals surface area contributed by atoms with Gasteiger partial charge in [0.25, 0.3) is 0 Å². The number of piperidine rings is 1. The minimum atomic E-state index is -0.776. The molecule has 0 radical (unpaired) electrons. The third-order valence-electron chi connectivity index (χ3n) is 3.84. The molecule has 0 saturated carbocycles. The van der Waals surface area contributed by atoms with E-state index in [0.717, 1.165) is 40.4 Å². The van der Waals surface area contributed by atoms with E-state index < -0.39 is 5.97 Å². The summed E-state index contributed by atoms with van der Waals surface area (Å²) in [6, 6.07) is 0. The second-order valence-corrected chi connectivity index (χ2v) is 7.31. The fraction of sp³-hybridized carbons (Fsp3) is 0.733. The average Bonchev–Trinajstić information content (AvgIpc) is 2.65. The van der Waals surface area contributed by atoms with Gasteiger partial charge in [-0.3, -0.25) is 4.79 Å². The molecule has 0 spiro atoms. The average molecular weight is 296 g/mol. The number of thiazole rings is 1. The highest BCUT2D eigenvalue weighted by Gasteiger charge is 2.21. The smallest absolute Gasteiger partial charge is 0.308 e. The van der Waals surface area contributed by atoms with Crippen LogP contribution >= 0.6 is 11.3 Å². The Morgan fingerprint density at radius 3 is 2.65 bits per heavy atom. The molecule has 1 aliphatic rings. The van der Waals surface area contributed by atoms with Gasteiger partial charge in [0.1, 0.15) is 0 Å². The zero-order valence-corrected chi connectivity index (χ0v) is 13.4. The van der Waals surface area contributed by atoms with Gasteiger partial charge in [-0.05, 0) is 25.2 Å². The number of hydrogen-bond acceptors (Lipinski definition) is 4. The van der Waals surface area contributed by atoms with Crippen LogP contribution in [0.4, 0.5) is 0 Å². The SMILES string of the molecule is Cc1nc(CCN2CC(C)CC(C)C2)sc1CC(=O)O. The van der Waals surface area contributed by atoms with E-state index in [-0.39, 0.29) is 6.42 Å². The van der Waals surface area contributed by atoms with Gasteiger partial charge in [0.05, 0.1) is 17.1 Å². The fourth-order valence-electron chi connectivity index (χ4n) is 3.12. The molecule has 1 fully saturated rings. The second kappa shape index (κ2) is 6.68. The van der Waals surface area contributed by atoms with Crippen LogP contribution in [0, 0.1) is 18.8 Å². The first-order valence-corrected chi connectivity index (χ1v) is 8.15. The molecule has 1 N–H and O–H groups in total. The number of nitrogens with zero attached hydrogens (tertiary/aromatic N) is 2. The quantitative estimate of drug-likeness (QED) is 0.907. The van der Waals surface area contributed by atoms with Crippen LogP contribution in [0.25, 0.3) is 0 Å². The molecule has 4 nitrogen and oxygen atoms in total. The lowest BCUT2D eigenvalue weighted by Gasteiger charge is -2.34. The summed E-state index contributed by atoms with van der Waals surface area (Å²) in [5.41, 5.74) is 0.882. The summed E-state index contributed by atoms with van der Waals surface area (Å²) in [6.45, 7) is 9.94. The number of rotatable bonds is 5. The monoisotopic (exact) mass is 296 g/mol. The third kappa shape index (κ3) is 4.28. The summed E-state index contributed by atoms with van der Waals surface area (Å²) in [4.78, 5) is 18.7. The third-order valence-corrected chi connectivity index (χ3v) is 5.05. The molecule has 5 heteroatoms. The van der Waals surface area contributed by atoms with Crippen molar-refractivity contribution in [3.8, 4) is 0 Å². The van der Waals surface area contributed by atoms with Gasteiger partial charge >= 0.3 is 5.97 Å². The summed E-state index contributed by atoms with van der Waals surface area (Å²) in [5.74, 6) is 0.778. The normalized spacial score (nSPS) is 23.9. The molecule has 0 bridgehead atoms. The van der Waals surface area contributed by atoms with Crippen LogP contribution in [0.5, 0.6) is 0 Å². The van der Waals surface area contributed by atoms with Gasteiger partial charge in [-0.2, -0.15) is 0 Å². The zero-order valence-electron chi connectivity index (χ0n) is 12.6. The van der Waals surface area contributed by atoms with Crippen LogP contribution in [0.15, 0.2) is 0 Å². The second-order valence-electron chi connectivity index (χ2n) is 6.14. The van der Waals surface area contributed by atoms with Crippen molar-refractivity contribution in [3.05, 3.63) is 15.6 Å². The van der Waals surface area contributed by atoms with Crippen LogP contribution in [0.2, 0.25) is 0 Å². The molecule has 20 heavy (non-hydrogen) atoms. The summed E-state index contributed by atoms with van der Waals surface area (Å²) in [5, 5.41) is 9.94. The predicted octanol–water partition coefficient (Wildman–Crippen LogP) is 2.60. The van der Waals surface area contributed by atoms with Gasteiger partial charge in [-0.15, -0.1) is 11.3 Å². The molecule has 0 aliphatic carbocycles. The summed E-state index contributed by atoms with van der Waals surface area (Å²) < 4.78 is 0. The highest BCUT2D eigenvalue weighted by Crippen LogP contribution is 2.23. The first kappa shape index (κ1) is 15.4. The highest BCUT2D eigenvalue weighted by molar-refractivity contribution is 7.11. The Kier molecular flexibility index (Phi) is 5.16. The number of aromatic nitrogens is 1. The van der Waals surface area contributed by atoms with Crippen LogP contribution in [0.3, 0.4) is 0 Å². The highest BCUT2D eigenvalue weighted by atomic mass is 32.1. The lowest BCUT2D eigenvalue weighted by Crippen LogP contribution is -2.39.